The van der Waals surface area contributed by atoms with E-state index in [0.29, 0.717) is 12.8 Å². The highest BCUT2D eigenvalue weighted by atomic mass is 16.6. The summed E-state index contributed by atoms with van der Waals surface area (Å²) >= 11 is 0. The number of carboxylic acids is 1. The molecule has 0 aromatic carbocycles. The van der Waals surface area contributed by atoms with Crippen LogP contribution in [0.15, 0.2) is 36.5 Å². The lowest BCUT2D eigenvalue weighted by Crippen LogP contribution is -2.55. The second kappa shape index (κ2) is 38.4. The van der Waals surface area contributed by atoms with Crippen molar-refractivity contribution in [3.8, 4) is 0 Å². The van der Waals surface area contributed by atoms with Crippen LogP contribution < -0.4 is 5.11 Å². The van der Waals surface area contributed by atoms with Gasteiger partial charge in [-0.15, -0.1) is 0 Å². The molecule has 0 spiro atoms. The number of quaternary nitrogens is 1. The number of rotatable bonds is 40. The number of ether oxygens (including phenoxy) is 3. The summed E-state index contributed by atoms with van der Waals surface area (Å²) in [5.41, 5.74) is 0. The first-order chi connectivity index (χ1) is 26.6. The first-order valence-corrected chi connectivity index (χ1v) is 22.5. The molecule has 0 fully saturated rings. The zero-order chi connectivity index (χ0) is 40.7. The molecule has 320 valence electrons. The number of unbranched alkanes of at least 4 members (excludes halogenated alkanes) is 22. The van der Waals surface area contributed by atoms with E-state index in [1.807, 2.05) is 6.08 Å². The lowest BCUT2D eigenvalue weighted by atomic mass is 10.0. The smallest absolute Gasteiger partial charge is 0.306 e. The third kappa shape index (κ3) is 36.9. The maximum atomic E-state index is 12.7. The number of nitrogens with zero attached hydrogens (tertiary/aromatic N) is 1. The van der Waals surface area contributed by atoms with Crippen molar-refractivity contribution in [3.63, 3.8) is 0 Å². The molecule has 0 aliphatic heterocycles. The number of hydrogen-bond acceptors (Lipinski definition) is 7. The highest BCUT2D eigenvalue weighted by molar-refractivity contribution is 5.70. The van der Waals surface area contributed by atoms with Crippen molar-refractivity contribution in [2.24, 2.45) is 0 Å². The first-order valence-electron chi connectivity index (χ1n) is 22.5. The summed E-state index contributed by atoms with van der Waals surface area (Å²) in [5, 5.41) is 11.6. The molecule has 0 bridgehead atoms. The van der Waals surface area contributed by atoms with Crippen LogP contribution in [0.4, 0.5) is 0 Å². The van der Waals surface area contributed by atoms with Crippen LogP contribution in [0.3, 0.4) is 0 Å². The van der Waals surface area contributed by atoms with Crippen molar-refractivity contribution >= 4 is 17.9 Å². The third-order valence-corrected chi connectivity index (χ3v) is 10.1. The van der Waals surface area contributed by atoms with Crippen LogP contribution in [0.25, 0.3) is 0 Å². The van der Waals surface area contributed by atoms with Crippen molar-refractivity contribution in [1.29, 1.82) is 0 Å². The van der Waals surface area contributed by atoms with Gasteiger partial charge in [-0.1, -0.05) is 179 Å². The maximum Gasteiger partial charge on any atom is 0.306 e. The van der Waals surface area contributed by atoms with Crippen molar-refractivity contribution in [2.45, 2.75) is 206 Å². The van der Waals surface area contributed by atoms with Crippen molar-refractivity contribution in [1.82, 2.24) is 0 Å². The van der Waals surface area contributed by atoms with E-state index in [-0.39, 0.29) is 42.7 Å². The monoisotopic (exact) mass is 776 g/mol. The minimum absolute atomic E-state index is 0.0344. The molecule has 0 amide bonds. The maximum absolute atomic E-state index is 12.7. The van der Waals surface area contributed by atoms with Gasteiger partial charge in [-0.25, -0.2) is 0 Å². The Morgan fingerprint density at radius 2 is 1.02 bits per heavy atom. The normalized spacial score (nSPS) is 13.3. The zero-order valence-electron chi connectivity index (χ0n) is 36.3. The van der Waals surface area contributed by atoms with Gasteiger partial charge >= 0.3 is 11.9 Å². The van der Waals surface area contributed by atoms with Gasteiger partial charge in [-0.05, 0) is 32.1 Å². The molecule has 0 saturated heterocycles. The van der Waals surface area contributed by atoms with E-state index in [4.69, 9.17) is 14.2 Å². The van der Waals surface area contributed by atoms with Crippen LogP contribution in [0.5, 0.6) is 0 Å². The van der Waals surface area contributed by atoms with Gasteiger partial charge < -0.3 is 28.6 Å². The first kappa shape index (κ1) is 52.6. The standard InChI is InChI=1S/C47H85NO7/c1-6-8-10-12-14-16-18-20-21-22-23-24-26-27-29-31-33-35-37-45(49)54-42-43(41-53-40-39-44(47(51)52)48(3,4)5)55-46(50)38-36-34-32-30-28-25-19-17-15-13-11-9-7-2/h9,11,13,15,17,19,43-44H,6-8,10,12,14,16,18,20-42H2,1-5H3/b11-9+,15-13+,19-17+. The van der Waals surface area contributed by atoms with Crippen LogP contribution in [0.1, 0.15) is 194 Å². The minimum Gasteiger partial charge on any atom is -0.544 e. The molecule has 0 heterocycles. The molecule has 2 atom stereocenters. The molecule has 55 heavy (non-hydrogen) atoms. The largest absolute Gasteiger partial charge is 0.544 e. The van der Waals surface area contributed by atoms with Gasteiger partial charge in [0.25, 0.3) is 0 Å². The fourth-order valence-electron chi connectivity index (χ4n) is 6.60. The molecule has 2 unspecified atom stereocenters. The predicted octanol–water partition coefficient (Wildman–Crippen LogP) is 10.9. The molecule has 0 aliphatic rings. The van der Waals surface area contributed by atoms with E-state index in [0.717, 1.165) is 64.2 Å². The summed E-state index contributed by atoms with van der Waals surface area (Å²) in [6, 6.07) is -0.728. The Morgan fingerprint density at radius 3 is 1.49 bits per heavy atom. The van der Waals surface area contributed by atoms with Crippen molar-refractivity contribution in [3.05, 3.63) is 36.5 Å². The van der Waals surface area contributed by atoms with E-state index in [2.05, 4.69) is 44.2 Å². The lowest BCUT2D eigenvalue weighted by molar-refractivity contribution is -0.889. The van der Waals surface area contributed by atoms with Crippen molar-refractivity contribution < 1.29 is 38.2 Å². The SMILES string of the molecule is CC/C=C/C=C/C=C/CCCCCCCC(=O)OC(COCCC(C(=O)[O-])[N+](C)(C)C)COC(=O)CCCCCCCCCCCCCCCCCCCC. The van der Waals surface area contributed by atoms with E-state index in [1.54, 1.807) is 21.1 Å². The Bertz CT molecular complexity index is 1000. The molecule has 8 heteroatoms. The van der Waals surface area contributed by atoms with Gasteiger partial charge in [-0.3, -0.25) is 9.59 Å². The molecular formula is C47H85NO7. The second-order valence-electron chi connectivity index (χ2n) is 16.3. The van der Waals surface area contributed by atoms with Crippen LogP contribution in [-0.2, 0) is 28.6 Å². The number of hydrogen-bond donors (Lipinski definition) is 0. The number of likely N-dealkylation sites (N-methyl/N-ethyl adjacent to an activating group) is 1. The van der Waals surface area contributed by atoms with Crippen LogP contribution in [0.2, 0.25) is 0 Å². The minimum atomic E-state index is -1.13. The summed E-state index contributed by atoms with van der Waals surface area (Å²) < 4.78 is 17.2. The summed E-state index contributed by atoms with van der Waals surface area (Å²) in [4.78, 5) is 36.8. The third-order valence-electron chi connectivity index (χ3n) is 10.1. The van der Waals surface area contributed by atoms with Crippen LogP contribution in [0, 0.1) is 0 Å². The van der Waals surface area contributed by atoms with E-state index >= 15 is 0 Å². The Hall–Kier alpha value is -2.45. The van der Waals surface area contributed by atoms with E-state index < -0.39 is 18.1 Å². The van der Waals surface area contributed by atoms with Gasteiger partial charge in [-0.2, -0.15) is 0 Å². The lowest BCUT2D eigenvalue weighted by Gasteiger charge is -2.34. The van der Waals surface area contributed by atoms with E-state index in [9.17, 15) is 19.5 Å². The number of carbonyl (C=O) groups excluding carboxylic acids is 3. The molecule has 0 aromatic rings. The number of allylic oxidation sites excluding steroid dienone is 6. The average Bonchev–Trinajstić information content (AvgIpc) is 3.14. The van der Waals surface area contributed by atoms with Gasteiger partial charge in [0.1, 0.15) is 12.6 Å². The zero-order valence-corrected chi connectivity index (χ0v) is 36.3. The van der Waals surface area contributed by atoms with Gasteiger partial charge in [0.15, 0.2) is 6.10 Å². The second-order valence-corrected chi connectivity index (χ2v) is 16.3. The van der Waals surface area contributed by atoms with E-state index in [1.165, 1.54) is 96.3 Å². The number of carboxylic acid groups (broad SMARTS) is 1. The fraction of sp³-hybridized carbons (Fsp3) is 0.809. The quantitative estimate of drug-likeness (QED) is 0.0264. The summed E-state index contributed by atoms with van der Waals surface area (Å²) in [6.07, 6.45) is 43.1. The van der Waals surface area contributed by atoms with Gasteiger partial charge in [0, 0.05) is 19.3 Å². The summed E-state index contributed by atoms with van der Waals surface area (Å²) in [7, 11) is 5.40. The predicted molar refractivity (Wildman–Crippen MR) is 227 cm³/mol. The molecule has 0 N–H and O–H groups in total. The van der Waals surface area contributed by atoms with Crippen LogP contribution >= 0.6 is 0 Å². The molecule has 0 aliphatic carbocycles. The fourth-order valence-corrected chi connectivity index (χ4v) is 6.60. The highest BCUT2D eigenvalue weighted by Gasteiger charge is 2.25. The van der Waals surface area contributed by atoms with Gasteiger partial charge in [0.05, 0.1) is 40.3 Å². The summed E-state index contributed by atoms with van der Waals surface area (Å²) in [5.74, 6) is -1.76. The molecule has 0 radical (unpaired) electrons. The Kier molecular flexibility index (Phi) is 36.7. The summed E-state index contributed by atoms with van der Waals surface area (Å²) in [6.45, 7) is 4.52. The Morgan fingerprint density at radius 1 is 0.564 bits per heavy atom. The molecule has 0 rings (SSSR count). The Balaban J connectivity index is 4.29. The number of carbonyl (C=O) groups is 3. The highest BCUT2D eigenvalue weighted by Crippen LogP contribution is 2.15. The number of esters is 2. The molecule has 0 aromatic heterocycles. The van der Waals surface area contributed by atoms with Gasteiger partial charge in [0.2, 0.25) is 0 Å². The molecule has 0 saturated carbocycles. The molecule has 8 nitrogen and oxygen atoms in total. The van der Waals surface area contributed by atoms with Crippen molar-refractivity contribution in [2.75, 3.05) is 41.0 Å². The Labute approximate surface area is 338 Å². The molecular weight excluding hydrogens is 691 g/mol. The number of aliphatic carboxylic acids is 1. The average molecular weight is 776 g/mol. The van der Waals surface area contributed by atoms with Crippen LogP contribution in [-0.4, -0.2) is 75.5 Å². The topological polar surface area (TPSA) is 102 Å².